The van der Waals surface area contributed by atoms with Crippen LogP contribution in [0.15, 0.2) is 56.3 Å². The maximum absolute atomic E-state index is 12.9. The number of rotatable bonds is 3. The number of piperidine rings is 1. The van der Waals surface area contributed by atoms with Gasteiger partial charge in [-0.15, -0.1) is 0 Å². The highest BCUT2D eigenvalue weighted by atomic mass is 79.9. The minimum atomic E-state index is -3.44. The third-order valence-electron chi connectivity index (χ3n) is 5.15. The lowest BCUT2D eigenvalue weighted by molar-refractivity contribution is 0.0987. The molecule has 2 aromatic carbocycles. The number of benzene rings is 2. The Morgan fingerprint density at radius 3 is 2.33 bits per heavy atom. The van der Waals surface area contributed by atoms with Crippen molar-refractivity contribution in [2.75, 3.05) is 24.7 Å². The minimum Gasteiger partial charge on any atom is -0.356 e. The summed E-state index contributed by atoms with van der Waals surface area (Å²) in [6.07, 6.45) is 1.57. The molecule has 2 aliphatic rings. The number of anilines is 1. The molecule has 0 unspecified atom stereocenters. The molecule has 5 nitrogen and oxygen atoms in total. The van der Waals surface area contributed by atoms with Crippen molar-refractivity contribution in [3.8, 4) is 0 Å². The molecule has 0 spiro atoms. The molecule has 0 atom stereocenters. The van der Waals surface area contributed by atoms with Gasteiger partial charge in [-0.05, 0) is 55.3 Å². The molecule has 27 heavy (non-hydrogen) atoms. The Morgan fingerprint density at radius 1 is 0.963 bits per heavy atom. The second-order valence-corrected chi connectivity index (χ2v) is 10.6. The van der Waals surface area contributed by atoms with Gasteiger partial charge in [-0.3, -0.25) is 0 Å². The largest absolute Gasteiger partial charge is 0.356 e. The molecule has 4 rings (SSSR count). The highest BCUT2D eigenvalue weighted by Gasteiger charge is 2.33. The molecule has 2 heterocycles. The van der Waals surface area contributed by atoms with Gasteiger partial charge in [-0.25, -0.2) is 8.42 Å². The first-order valence-electron chi connectivity index (χ1n) is 8.84. The summed E-state index contributed by atoms with van der Waals surface area (Å²) in [5.41, 5.74) is 2.36. The van der Waals surface area contributed by atoms with E-state index in [1.165, 1.54) is 11.3 Å². The van der Waals surface area contributed by atoms with Crippen LogP contribution in [-0.2, 0) is 21.4 Å². The SMILES string of the molecule is O=S(=O)(c1ccc(Br)cc1)N1CCC(N2COCc3cc(Br)ccc32)CC1. The zero-order chi connectivity index (χ0) is 19.0. The fourth-order valence-electron chi connectivity index (χ4n) is 3.73. The molecule has 0 bridgehead atoms. The zero-order valence-electron chi connectivity index (χ0n) is 14.6. The van der Waals surface area contributed by atoms with Gasteiger partial charge in [0.15, 0.2) is 0 Å². The minimum absolute atomic E-state index is 0.279. The summed E-state index contributed by atoms with van der Waals surface area (Å²) in [6, 6.07) is 13.4. The van der Waals surface area contributed by atoms with Crippen molar-refractivity contribution in [2.45, 2.75) is 30.4 Å². The van der Waals surface area contributed by atoms with Crippen LogP contribution in [0.3, 0.4) is 0 Å². The lowest BCUT2D eigenvalue weighted by Crippen LogP contribution is -2.48. The van der Waals surface area contributed by atoms with Crippen LogP contribution in [0.5, 0.6) is 0 Å². The van der Waals surface area contributed by atoms with E-state index in [0.29, 0.717) is 31.3 Å². The number of hydrogen-bond acceptors (Lipinski definition) is 4. The van der Waals surface area contributed by atoms with Crippen LogP contribution < -0.4 is 4.90 Å². The van der Waals surface area contributed by atoms with Crippen LogP contribution in [0, 0.1) is 0 Å². The molecule has 0 aromatic heterocycles. The second-order valence-electron chi connectivity index (χ2n) is 6.81. The molecule has 1 saturated heterocycles. The normalized spacial score (nSPS) is 19.1. The van der Waals surface area contributed by atoms with Crippen LogP contribution in [-0.4, -0.2) is 38.6 Å². The van der Waals surface area contributed by atoms with E-state index in [1.807, 2.05) is 6.07 Å². The fourth-order valence-corrected chi connectivity index (χ4v) is 5.87. The molecule has 0 saturated carbocycles. The smallest absolute Gasteiger partial charge is 0.243 e. The van der Waals surface area contributed by atoms with Crippen LogP contribution in [0.25, 0.3) is 0 Å². The number of sulfonamides is 1. The molecule has 144 valence electrons. The van der Waals surface area contributed by atoms with Crippen molar-refractivity contribution < 1.29 is 13.2 Å². The van der Waals surface area contributed by atoms with Crippen molar-refractivity contribution in [2.24, 2.45) is 0 Å². The van der Waals surface area contributed by atoms with Crippen molar-refractivity contribution in [3.63, 3.8) is 0 Å². The topological polar surface area (TPSA) is 49.9 Å². The van der Waals surface area contributed by atoms with E-state index in [1.54, 1.807) is 28.6 Å². The average molecular weight is 516 g/mol. The quantitative estimate of drug-likeness (QED) is 0.609. The maximum atomic E-state index is 12.9. The van der Waals surface area contributed by atoms with Crippen molar-refractivity contribution in [1.82, 2.24) is 4.31 Å². The van der Waals surface area contributed by atoms with Crippen molar-refractivity contribution in [1.29, 1.82) is 0 Å². The summed E-state index contributed by atoms with van der Waals surface area (Å²) in [5.74, 6) is 0. The number of ether oxygens (including phenoxy) is 1. The second kappa shape index (κ2) is 7.83. The number of nitrogens with zero attached hydrogens (tertiary/aromatic N) is 2. The van der Waals surface area contributed by atoms with Crippen LogP contribution in [0.2, 0.25) is 0 Å². The van der Waals surface area contributed by atoms with E-state index in [9.17, 15) is 8.42 Å². The zero-order valence-corrected chi connectivity index (χ0v) is 18.6. The summed E-state index contributed by atoms with van der Waals surface area (Å²) in [6.45, 7) is 2.21. The van der Waals surface area contributed by atoms with Gasteiger partial charge in [0.1, 0.15) is 6.73 Å². The van der Waals surface area contributed by atoms with Gasteiger partial charge in [0, 0.05) is 39.3 Å². The van der Waals surface area contributed by atoms with Gasteiger partial charge in [-0.2, -0.15) is 4.31 Å². The number of hydrogen-bond donors (Lipinski definition) is 0. The molecule has 0 radical (unpaired) electrons. The highest BCUT2D eigenvalue weighted by molar-refractivity contribution is 9.10. The first kappa shape index (κ1) is 19.4. The van der Waals surface area contributed by atoms with Crippen LogP contribution in [0.4, 0.5) is 5.69 Å². The predicted octanol–water partition coefficient (Wildman–Crippen LogP) is 4.36. The standard InChI is InChI=1S/C19H20Br2N2O3S/c20-15-1-4-18(5-2-15)27(24,25)22-9-7-17(8-10-22)23-13-26-12-14-11-16(21)3-6-19(14)23/h1-6,11,17H,7-10,12-13H2. The van der Waals surface area contributed by atoms with Gasteiger partial charge in [0.2, 0.25) is 10.0 Å². The Hall–Kier alpha value is -0.930. The molecule has 0 N–H and O–H groups in total. The first-order chi connectivity index (χ1) is 12.9. The highest BCUT2D eigenvalue weighted by Crippen LogP contribution is 2.33. The molecule has 0 aliphatic carbocycles. The Morgan fingerprint density at radius 2 is 1.63 bits per heavy atom. The number of halogens is 2. The van der Waals surface area contributed by atoms with Crippen molar-refractivity contribution in [3.05, 3.63) is 57.0 Å². The van der Waals surface area contributed by atoms with Crippen molar-refractivity contribution >= 4 is 47.6 Å². The fraction of sp³-hybridized carbons (Fsp3) is 0.368. The lowest BCUT2D eigenvalue weighted by Gasteiger charge is -2.41. The molecule has 1 fully saturated rings. The van der Waals surface area contributed by atoms with E-state index < -0.39 is 10.0 Å². The molecule has 0 amide bonds. The van der Waals surface area contributed by atoms with Gasteiger partial charge in [0.05, 0.1) is 11.5 Å². The first-order valence-corrected chi connectivity index (χ1v) is 11.9. The Kier molecular flexibility index (Phi) is 5.62. The van der Waals surface area contributed by atoms with Gasteiger partial charge in [-0.1, -0.05) is 31.9 Å². The monoisotopic (exact) mass is 514 g/mol. The van der Waals surface area contributed by atoms with Gasteiger partial charge >= 0.3 is 0 Å². The molecular weight excluding hydrogens is 496 g/mol. The average Bonchev–Trinajstić information content (AvgIpc) is 2.68. The van der Waals surface area contributed by atoms with E-state index in [2.05, 4.69) is 48.9 Å². The van der Waals surface area contributed by atoms with E-state index >= 15 is 0 Å². The summed E-state index contributed by atoms with van der Waals surface area (Å²) in [7, 11) is -3.44. The van der Waals surface area contributed by atoms with E-state index in [-0.39, 0.29) is 6.04 Å². The van der Waals surface area contributed by atoms with Crippen LogP contribution in [0.1, 0.15) is 18.4 Å². The molecular formula is C19H20Br2N2O3S. The summed E-state index contributed by atoms with van der Waals surface area (Å²) in [5, 5.41) is 0. The Labute approximate surface area is 176 Å². The van der Waals surface area contributed by atoms with Gasteiger partial charge in [0.25, 0.3) is 0 Å². The van der Waals surface area contributed by atoms with E-state index in [4.69, 9.17) is 4.74 Å². The van der Waals surface area contributed by atoms with Crippen LogP contribution >= 0.6 is 31.9 Å². The predicted molar refractivity (Wildman–Crippen MR) is 112 cm³/mol. The summed E-state index contributed by atoms with van der Waals surface area (Å²) in [4.78, 5) is 2.62. The third kappa shape index (κ3) is 3.96. The maximum Gasteiger partial charge on any atom is 0.243 e. The van der Waals surface area contributed by atoms with E-state index in [0.717, 1.165) is 21.8 Å². The lowest BCUT2D eigenvalue weighted by atomic mass is 10.0. The molecule has 2 aromatic rings. The Balaban J connectivity index is 1.48. The summed E-state index contributed by atoms with van der Waals surface area (Å²) < 4.78 is 35.0. The molecule has 2 aliphatic heterocycles. The third-order valence-corrected chi connectivity index (χ3v) is 8.09. The van der Waals surface area contributed by atoms with Gasteiger partial charge < -0.3 is 9.64 Å². The Bertz CT molecular complexity index is 926. The summed E-state index contributed by atoms with van der Waals surface area (Å²) >= 11 is 6.86. The molecule has 8 heteroatoms. The number of fused-ring (bicyclic) bond motifs is 1.